The summed E-state index contributed by atoms with van der Waals surface area (Å²) < 4.78 is 6.58. The first-order valence-electron chi connectivity index (χ1n) is 19.7. The van der Waals surface area contributed by atoms with Crippen molar-refractivity contribution in [3.8, 4) is 67.1 Å². The summed E-state index contributed by atoms with van der Waals surface area (Å²) >= 11 is 0. The van der Waals surface area contributed by atoms with E-state index in [0.29, 0.717) is 0 Å². The summed E-state index contributed by atoms with van der Waals surface area (Å²) in [4.78, 5) is 2.42. The summed E-state index contributed by atoms with van der Waals surface area (Å²) in [5, 5.41) is 0. The smallest absolute Gasteiger partial charge is 0.135 e. The van der Waals surface area contributed by atoms with E-state index < -0.39 is 5.41 Å². The van der Waals surface area contributed by atoms with Gasteiger partial charge in [0, 0.05) is 28.2 Å². The number of para-hydroxylation sites is 3. The highest BCUT2D eigenvalue weighted by Gasteiger charge is 2.49. The Morgan fingerprint density at radius 3 is 1.23 bits per heavy atom. The van der Waals surface area contributed by atoms with E-state index in [2.05, 4.69) is 205 Å². The summed E-state index contributed by atoms with van der Waals surface area (Å²) in [6, 6.07) is 77.7. The number of benzene rings is 9. The molecule has 2 heteroatoms. The third kappa shape index (κ3) is 4.53. The van der Waals surface area contributed by atoms with Crippen LogP contribution in [0.15, 0.2) is 212 Å². The molecule has 0 radical (unpaired) electrons. The Morgan fingerprint density at radius 1 is 0.263 bits per heavy atom. The van der Waals surface area contributed by atoms with E-state index in [-0.39, 0.29) is 0 Å². The van der Waals surface area contributed by atoms with Gasteiger partial charge in [-0.25, -0.2) is 0 Å². The lowest BCUT2D eigenvalue weighted by molar-refractivity contribution is 0.488. The highest BCUT2D eigenvalue weighted by molar-refractivity contribution is 5.99. The molecule has 57 heavy (non-hydrogen) atoms. The van der Waals surface area contributed by atoms with Gasteiger partial charge >= 0.3 is 0 Å². The molecule has 0 amide bonds. The molecule has 0 unspecified atom stereocenters. The van der Waals surface area contributed by atoms with Crippen LogP contribution in [0.5, 0.6) is 11.5 Å². The van der Waals surface area contributed by atoms with Crippen LogP contribution in [0.25, 0.3) is 55.6 Å². The van der Waals surface area contributed by atoms with Crippen molar-refractivity contribution in [1.29, 1.82) is 0 Å². The molecule has 0 aromatic heterocycles. The number of anilines is 3. The molecular weight excluding hydrogens is 691 g/mol. The van der Waals surface area contributed by atoms with Gasteiger partial charge in [0.1, 0.15) is 11.5 Å². The van der Waals surface area contributed by atoms with Crippen LogP contribution in [0.2, 0.25) is 0 Å². The van der Waals surface area contributed by atoms with Crippen LogP contribution in [0.3, 0.4) is 0 Å². The predicted octanol–water partition coefficient (Wildman–Crippen LogP) is 14.6. The Hall–Kier alpha value is -7.42. The molecule has 3 aliphatic rings. The van der Waals surface area contributed by atoms with Gasteiger partial charge in [0.05, 0.1) is 5.41 Å². The first-order chi connectivity index (χ1) is 28.3. The molecule has 2 nitrogen and oxygen atoms in total. The van der Waals surface area contributed by atoms with Crippen molar-refractivity contribution < 1.29 is 4.74 Å². The molecule has 0 atom stereocenters. The first-order valence-corrected chi connectivity index (χ1v) is 19.7. The van der Waals surface area contributed by atoms with E-state index in [1.807, 2.05) is 12.1 Å². The summed E-state index contributed by atoms with van der Waals surface area (Å²) in [5.74, 6) is 1.72. The van der Waals surface area contributed by atoms with E-state index in [0.717, 1.165) is 50.8 Å². The third-order valence-electron chi connectivity index (χ3n) is 12.3. The largest absolute Gasteiger partial charge is 0.456 e. The van der Waals surface area contributed by atoms with E-state index in [1.54, 1.807) is 0 Å². The summed E-state index contributed by atoms with van der Waals surface area (Å²) in [7, 11) is 0. The maximum atomic E-state index is 6.58. The Morgan fingerprint density at radius 2 is 0.649 bits per heavy atom. The highest BCUT2D eigenvalue weighted by Crippen LogP contribution is 2.62. The normalized spacial score (nSPS) is 13.2. The zero-order valence-corrected chi connectivity index (χ0v) is 31.1. The molecule has 266 valence electrons. The summed E-state index contributed by atoms with van der Waals surface area (Å²) in [6.07, 6.45) is 0. The molecule has 1 heterocycles. The predicted molar refractivity (Wildman–Crippen MR) is 234 cm³/mol. The second-order valence-electron chi connectivity index (χ2n) is 15.2. The van der Waals surface area contributed by atoms with Gasteiger partial charge in [-0.3, -0.25) is 0 Å². The number of hydrogen-bond donors (Lipinski definition) is 0. The van der Waals surface area contributed by atoms with Gasteiger partial charge in [-0.2, -0.15) is 0 Å². The number of hydrogen-bond acceptors (Lipinski definition) is 2. The van der Waals surface area contributed by atoms with Crippen molar-refractivity contribution in [1.82, 2.24) is 0 Å². The number of nitrogens with zero attached hydrogens (tertiary/aromatic N) is 1. The molecule has 1 spiro atoms. The van der Waals surface area contributed by atoms with Gasteiger partial charge < -0.3 is 9.64 Å². The SMILES string of the molecule is c1ccc(N(c2ccc3c(c2)-c2ccccc2Oc2ccccc2-3)c2ccc3c(c2)C2(c4ccccc4-c4ccccc4-c4ccccc42)c2ccccc2-3)cc1. The fourth-order valence-electron chi connectivity index (χ4n) is 10.0. The van der Waals surface area contributed by atoms with Crippen LogP contribution >= 0.6 is 0 Å². The fraction of sp³-hybridized carbons (Fsp3) is 0.0182. The van der Waals surface area contributed by atoms with Crippen molar-refractivity contribution in [2.75, 3.05) is 4.90 Å². The molecule has 0 N–H and O–H groups in total. The van der Waals surface area contributed by atoms with Gasteiger partial charge in [-0.1, -0.05) is 164 Å². The maximum absolute atomic E-state index is 6.58. The minimum Gasteiger partial charge on any atom is -0.456 e. The average molecular weight is 726 g/mol. The van der Waals surface area contributed by atoms with Crippen molar-refractivity contribution in [3.05, 3.63) is 235 Å². The van der Waals surface area contributed by atoms with Crippen LogP contribution in [0, 0.1) is 0 Å². The number of rotatable bonds is 3. The molecule has 0 saturated carbocycles. The van der Waals surface area contributed by atoms with Gasteiger partial charge in [0.2, 0.25) is 0 Å². The summed E-state index contributed by atoms with van der Waals surface area (Å²) in [5.41, 5.74) is 20.0. The molecule has 9 aromatic rings. The van der Waals surface area contributed by atoms with E-state index >= 15 is 0 Å². The lowest BCUT2D eigenvalue weighted by Crippen LogP contribution is -2.29. The van der Waals surface area contributed by atoms with Gasteiger partial charge in [0.15, 0.2) is 0 Å². The molecular formula is C55H35NO. The standard InChI is InChI=1S/C55H35NO/c1-2-16-36(17-3-1)56(37-30-32-41-46-23-9-14-28-53(46)57-54-29-15-10-24-47(54)48(41)34-37)38-31-33-45-44-22-8-13-27-51(44)55(52(45)35-38)49-25-11-6-20-42(49)39-18-4-5-19-40(39)43-21-7-12-26-50(43)55/h1-35H. The second-order valence-corrected chi connectivity index (χ2v) is 15.2. The molecule has 0 fully saturated rings. The lowest BCUT2D eigenvalue weighted by Gasteiger charge is -2.36. The number of fused-ring (bicyclic) bond motifs is 17. The van der Waals surface area contributed by atoms with Gasteiger partial charge in [-0.05, 0) is 115 Å². The Bertz CT molecular complexity index is 3000. The molecule has 2 aliphatic carbocycles. The van der Waals surface area contributed by atoms with Crippen molar-refractivity contribution in [2.45, 2.75) is 5.41 Å². The zero-order valence-electron chi connectivity index (χ0n) is 31.1. The van der Waals surface area contributed by atoms with Gasteiger partial charge in [-0.15, -0.1) is 0 Å². The monoisotopic (exact) mass is 725 g/mol. The minimum absolute atomic E-state index is 0.565. The van der Waals surface area contributed by atoms with Crippen LogP contribution in [0.4, 0.5) is 17.1 Å². The Labute approximate surface area is 332 Å². The van der Waals surface area contributed by atoms with Crippen LogP contribution < -0.4 is 9.64 Å². The van der Waals surface area contributed by atoms with Gasteiger partial charge in [0.25, 0.3) is 0 Å². The Balaban J connectivity index is 1.15. The van der Waals surface area contributed by atoms with Crippen molar-refractivity contribution in [3.63, 3.8) is 0 Å². The average Bonchev–Trinajstić information content (AvgIpc) is 3.41. The molecule has 0 bridgehead atoms. The van der Waals surface area contributed by atoms with E-state index in [4.69, 9.17) is 4.74 Å². The van der Waals surface area contributed by atoms with Crippen molar-refractivity contribution in [2.24, 2.45) is 0 Å². The molecule has 12 rings (SSSR count). The third-order valence-corrected chi connectivity index (χ3v) is 12.3. The van der Waals surface area contributed by atoms with Crippen molar-refractivity contribution >= 4 is 17.1 Å². The maximum Gasteiger partial charge on any atom is 0.135 e. The zero-order chi connectivity index (χ0) is 37.5. The quantitative estimate of drug-likeness (QED) is 0.180. The first kappa shape index (κ1) is 31.9. The number of ether oxygens (including phenoxy) is 1. The van der Waals surface area contributed by atoms with E-state index in [1.165, 1.54) is 55.6 Å². The molecule has 1 aliphatic heterocycles. The lowest BCUT2D eigenvalue weighted by atomic mass is 9.66. The summed E-state index contributed by atoms with van der Waals surface area (Å²) in [6.45, 7) is 0. The van der Waals surface area contributed by atoms with Crippen LogP contribution in [-0.2, 0) is 5.41 Å². The van der Waals surface area contributed by atoms with Crippen LogP contribution in [-0.4, -0.2) is 0 Å². The fourth-order valence-corrected chi connectivity index (χ4v) is 10.0. The van der Waals surface area contributed by atoms with E-state index in [9.17, 15) is 0 Å². The van der Waals surface area contributed by atoms with Crippen LogP contribution in [0.1, 0.15) is 22.3 Å². The second kappa shape index (κ2) is 12.3. The molecule has 9 aromatic carbocycles. The minimum atomic E-state index is -0.565. The molecule has 0 saturated heterocycles. The highest BCUT2D eigenvalue weighted by atomic mass is 16.5. The topological polar surface area (TPSA) is 12.5 Å². The Kier molecular flexibility index (Phi) is 6.88.